The Morgan fingerprint density at radius 3 is 2.17 bits per heavy atom. The Bertz CT molecular complexity index is 695. The Morgan fingerprint density at radius 1 is 1.17 bits per heavy atom. The largest absolute Gasteiger partial charge is 0.438 e. The predicted molar refractivity (Wildman–Crippen MR) is 61.0 cm³/mol. The van der Waals surface area contributed by atoms with Crippen LogP contribution in [0.1, 0.15) is 5.56 Å². The molecule has 0 N–H and O–H groups in total. The van der Waals surface area contributed by atoms with Gasteiger partial charge in [-0.05, 0) is 13.0 Å². The molecule has 1 aromatic rings. The minimum absolute atomic E-state index is 0.194. The highest BCUT2D eigenvalue weighted by atomic mass is 32.2. The Kier molecular flexibility index (Phi) is 5.35. The van der Waals surface area contributed by atoms with Crippen LogP contribution in [0.15, 0.2) is 24.5 Å². The quantitative estimate of drug-likeness (QED) is 0.533. The fraction of sp³-hybridized carbons (Fsp3) is 0.500. The van der Waals surface area contributed by atoms with Crippen LogP contribution in [0.5, 0.6) is 0 Å². The van der Waals surface area contributed by atoms with Gasteiger partial charge in [0, 0.05) is 11.6 Å². The van der Waals surface area contributed by atoms with Crippen LogP contribution >= 0.6 is 0 Å². The number of halogens is 8. The molecule has 0 amide bonds. The van der Waals surface area contributed by atoms with Crippen LogP contribution in [0, 0.1) is 6.92 Å². The smallest absolute Gasteiger partial charge is 0.317 e. The summed E-state index contributed by atoms with van der Waals surface area (Å²) in [7, 11) is -6.48. The molecular formula is C10H8F8N2O3S. The van der Waals surface area contributed by atoms with Gasteiger partial charge in [-0.1, -0.05) is 0 Å². The highest BCUT2D eigenvalue weighted by molar-refractivity contribution is 7.94. The third-order valence-electron chi connectivity index (χ3n) is 2.32. The molecule has 0 saturated carbocycles. The molecule has 0 saturated heterocycles. The molecule has 0 fully saturated rings. The standard InChI is InChI=1S/C10H8F8N2O3S/c1-6-3-2-4-20(5-6)19-24(21,22)10(17,18)9(15,16)23-8(13,14)7(11)12/h2-5,7H,1H3. The van der Waals surface area contributed by atoms with Crippen molar-refractivity contribution in [3.63, 3.8) is 0 Å². The maximum atomic E-state index is 13.4. The molecule has 0 aromatic carbocycles. The maximum absolute atomic E-state index is 13.4. The first kappa shape index (κ1) is 20.3. The van der Waals surface area contributed by atoms with E-state index < -0.39 is 33.9 Å². The summed E-state index contributed by atoms with van der Waals surface area (Å²) in [5, 5.41) is -6.35. The van der Waals surface area contributed by atoms with Crippen LogP contribution in [0.4, 0.5) is 35.1 Å². The van der Waals surface area contributed by atoms with Crippen molar-refractivity contribution in [1.29, 1.82) is 0 Å². The third kappa shape index (κ3) is 4.03. The molecule has 24 heavy (non-hydrogen) atoms. The van der Waals surface area contributed by atoms with E-state index in [1.165, 1.54) is 13.0 Å². The normalized spacial score (nSPS) is 14.1. The van der Waals surface area contributed by atoms with Gasteiger partial charge in [-0.3, -0.25) is 0 Å². The van der Waals surface area contributed by atoms with Crippen LogP contribution in [0.25, 0.3) is 4.83 Å². The van der Waals surface area contributed by atoms with Gasteiger partial charge in [0.2, 0.25) is 10.0 Å². The van der Waals surface area contributed by atoms with Crippen LogP contribution in [-0.2, 0) is 14.8 Å². The zero-order chi connectivity index (χ0) is 19.0. The van der Waals surface area contributed by atoms with Crippen molar-refractivity contribution >= 4 is 10.0 Å². The summed E-state index contributed by atoms with van der Waals surface area (Å²) in [6, 6.07) is 2.49. The summed E-state index contributed by atoms with van der Waals surface area (Å²) >= 11 is 0. The molecule has 1 aromatic heterocycles. The first-order chi connectivity index (χ1) is 10.6. The van der Waals surface area contributed by atoms with E-state index in [9.17, 15) is 43.5 Å². The summed E-state index contributed by atoms with van der Waals surface area (Å²) in [5.74, 6) is 0. The second-order valence-corrected chi connectivity index (χ2v) is 5.94. The third-order valence-corrected chi connectivity index (χ3v) is 3.61. The van der Waals surface area contributed by atoms with Crippen LogP contribution in [-0.4, -0.2) is 32.3 Å². The summed E-state index contributed by atoms with van der Waals surface area (Å²) in [6.07, 6.45) is -15.8. The number of hydrogen-bond acceptors (Lipinski definition) is 3. The molecule has 0 atom stereocenters. The SMILES string of the molecule is Cc1ccc[n+]([N-]S(=O)(=O)C(F)(F)C(F)(F)OC(F)(F)C(F)F)c1. The molecule has 0 bridgehead atoms. The van der Waals surface area contributed by atoms with Crippen LogP contribution < -0.4 is 4.68 Å². The van der Waals surface area contributed by atoms with Gasteiger partial charge in [-0.2, -0.15) is 26.3 Å². The van der Waals surface area contributed by atoms with Gasteiger partial charge in [0.05, 0.1) is 0 Å². The van der Waals surface area contributed by atoms with Gasteiger partial charge in [0.25, 0.3) is 0 Å². The number of rotatable bonds is 7. The predicted octanol–water partition coefficient (Wildman–Crippen LogP) is 2.81. The van der Waals surface area contributed by atoms with Crippen molar-refractivity contribution in [2.75, 3.05) is 0 Å². The van der Waals surface area contributed by atoms with Crippen LogP contribution in [0.2, 0.25) is 0 Å². The lowest BCUT2D eigenvalue weighted by Crippen LogP contribution is -2.54. The molecule has 0 radical (unpaired) electrons. The second-order valence-electron chi connectivity index (χ2n) is 4.32. The van der Waals surface area contributed by atoms with Gasteiger partial charge < -0.3 is 4.83 Å². The minimum Gasteiger partial charge on any atom is -0.317 e. The Labute approximate surface area is 129 Å². The lowest BCUT2D eigenvalue weighted by atomic mass is 10.3. The topological polar surface area (TPSA) is 61.3 Å². The molecule has 0 aliphatic rings. The number of nitrogens with zero attached hydrogens (tertiary/aromatic N) is 2. The van der Waals surface area contributed by atoms with Crippen molar-refractivity contribution in [3.8, 4) is 0 Å². The first-order valence-electron chi connectivity index (χ1n) is 5.70. The van der Waals surface area contributed by atoms with Gasteiger partial charge in [-0.15, -0.1) is 0 Å². The van der Waals surface area contributed by atoms with E-state index >= 15 is 0 Å². The Morgan fingerprint density at radius 2 is 1.71 bits per heavy atom. The summed E-state index contributed by atoms with van der Waals surface area (Å²) in [6.45, 7) is 1.37. The molecule has 0 aliphatic carbocycles. The summed E-state index contributed by atoms with van der Waals surface area (Å²) < 4.78 is 126. The lowest BCUT2D eigenvalue weighted by Gasteiger charge is -2.31. The molecule has 1 heterocycles. The number of alkyl halides is 8. The number of pyridine rings is 1. The molecule has 0 unspecified atom stereocenters. The number of aromatic nitrogens is 1. The fourth-order valence-electron chi connectivity index (χ4n) is 1.23. The Hall–Kier alpha value is -1.70. The molecule has 5 nitrogen and oxygen atoms in total. The van der Waals surface area contributed by atoms with Gasteiger partial charge in [0.15, 0.2) is 12.4 Å². The zero-order valence-corrected chi connectivity index (χ0v) is 12.3. The zero-order valence-electron chi connectivity index (χ0n) is 11.4. The first-order valence-corrected chi connectivity index (χ1v) is 7.14. The van der Waals surface area contributed by atoms with E-state index in [2.05, 4.69) is 9.57 Å². The van der Waals surface area contributed by atoms with E-state index in [1.54, 1.807) is 0 Å². The second kappa shape index (κ2) is 6.31. The molecule has 0 spiro atoms. The number of sulfonamides is 1. The minimum atomic E-state index is -6.49. The molecular weight excluding hydrogens is 380 g/mol. The van der Waals surface area contributed by atoms with Gasteiger partial charge in [0.1, 0.15) is 0 Å². The number of ether oxygens (including phenoxy) is 1. The van der Waals surface area contributed by atoms with Gasteiger partial charge >= 0.3 is 23.9 Å². The van der Waals surface area contributed by atoms with Gasteiger partial charge in [-0.25, -0.2) is 26.6 Å². The van der Waals surface area contributed by atoms with E-state index in [1.807, 2.05) is 0 Å². The van der Waals surface area contributed by atoms with Crippen molar-refractivity contribution in [1.82, 2.24) is 0 Å². The van der Waals surface area contributed by atoms with Crippen molar-refractivity contribution in [2.45, 2.75) is 30.8 Å². The highest BCUT2D eigenvalue weighted by Gasteiger charge is 2.69. The van der Waals surface area contributed by atoms with E-state index in [4.69, 9.17) is 0 Å². The number of hydrogen-bond donors (Lipinski definition) is 0. The summed E-state index contributed by atoms with van der Waals surface area (Å²) in [4.78, 5) is 2.31. The van der Waals surface area contributed by atoms with Crippen molar-refractivity contribution in [3.05, 3.63) is 34.9 Å². The maximum Gasteiger partial charge on any atom is 0.438 e. The fourth-order valence-corrected chi connectivity index (χ4v) is 2.02. The Balaban J connectivity index is 3.15. The lowest BCUT2D eigenvalue weighted by molar-refractivity contribution is -0.614. The molecule has 14 heteroatoms. The van der Waals surface area contributed by atoms with E-state index in [0.29, 0.717) is 0 Å². The molecule has 1 rings (SSSR count). The highest BCUT2D eigenvalue weighted by Crippen LogP contribution is 2.45. The number of aryl methyl sites for hydroxylation is 1. The van der Waals surface area contributed by atoms with Crippen molar-refractivity contribution < 1.29 is 53.0 Å². The average Bonchev–Trinajstić information content (AvgIpc) is 2.36. The van der Waals surface area contributed by atoms with E-state index in [-0.39, 0.29) is 10.2 Å². The van der Waals surface area contributed by atoms with E-state index in [0.717, 1.165) is 18.5 Å². The van der Waals surface area contributed by atoms with Crippen LogP contribution in [0.3, 0.4) is 0 Å². The van der Waals surface area contributed by atoms with Crippen molar-refractivity contribution in [2.24, 2.45) is 0 Å². The summed E-state index contributed by atoms with van der Waals surface area (Å²) in [5.41, 5.74) is 0.284. The molecule has 138 valence electrons. The average molecular weight is 388 g/mol. The molecule has 0 aliphatic heterocycles. The monoisotopic (exact) mass is 388 g/mol.